The number of carboxylic acid groups (broad SMARTS) is 1. The number of aliphatic carboxylic acids is 1. The molecule has 0 spiro atoms. The van der Waals surface area contributed by atoms with Crippen LogP contribution in [0, 0.1) is 11.8 Å². The Morgan fingerprint density at radius 2 is 2.04 bits per heavy atom. The number of hydrogen-bond acceptors (Lipinski definition) is 3. The van der Waals surface area contributed by atoms with Gasteiger partial charge in [0, 0.05) is 18.8 Å². The first kappa shape index (κ1) is 21.6. The molecule has 2 N–H and O–H groups in total. The molecule has 0 saturated heterocycles. The van der Waals surface area contributed by atoms with Gasteiger partial charge in [0.05, 0.1) is 5.60 Å². The summed E-state index contributed by atoms with van der Waals surface area (Å²) in [6.07, 6.45) is 15.7. The third kappa shape index (κ3) is 9.01. The molecule has 142 valence electrons. The smallest absolute Gasteiger partial charge is 0.303 e. The van der Waals surface area contributed by atoms with E-state index in [2.05, 4.69) is 6.92 Å². The molecule has 0 heterocycles. The normalized spacial score (nSPS) is 23.6. The molecule has 0 aromatic rings. The Balaban J connectivity index is 2.47. The first-order valence-corrected chi connectivity index (χ1v) is 9.67. The van der Waals surface area contributed by atoms with Crippen LogP contribution in [0.15, 0.2) is 24.3 Å². The van der Waals surface area contributed by atoms with Crippen LogP contribution < -0.4 is 0 Å². The van der Waals surface area contributed by atoms with Crippen molar-refractivity contribution in [3.05, 3.63) is 24.3 Å². The fraction of sp³-hybridized carbons (Fsp3) is 0.714. The van der Waals surface area contributed by atoms with Crippen molar-refractivity contribution in [3.8, 4) is 0 Å². The molecular formula is C21H34O4. The summed E-state index contributed by atoms with van der Waals surface area (Å²) in [6.45, 7) is 3.99. The second kappa shape index (κ2) is 11.2. The number of carbonyl (C=O) groups is 2. The SMILES string of the molecule is CCCCC[C@](C)(O)/C=C/[C@H]1CCC(=O)[C@@H]1C/C=C\CCCC(=O)O. The van der Waals surface area contributed by atoms with E-state index >= 15 is 0 Å². The number of ketones is 1. The number of carbonyl (C=O) groups excluding carboxylic acids is 1. The van der Waals surface area contributed by atoms with Crippen molar-refractivity contribution in [2.45, 2.75) is 83.7 Å². The number of unbranched alkanes of at least 4 members (excludes halogenated alkanes) is 3. The topological polar surface area (TPSA) is 74.6 Å². The van der Waals surface area contributed by atoms with E-state index in [0.717, 1.165) is 38.5 Å². The summed E-state index contributed by atoms with van der Waals surface area (Å²) in [5, 5.41) is 19.0. The van der Waals surface area contributed by atoms with Crippen molar-refractivity contribution in [2.75, 3.05) is 0 Å². The molecule has 4 nitrogen and oxygen atoms in total. The van der Waals surface area contributed by atoms with Crippen LogP contribution in [0.1, 0.15) is 78.1 Å². The standard InChI is InChI=1S/C21H34O4/c1-3-4-9-15-21(2,25)16-14-17-12-13-19(22)18(17)10-7-5-6-8-11-20(23)24/h5,7,14,16-18,25H,3-4,6,8-13,15H2,1-2H3,(H,23,24)/b7-5-,16-14+/t17-,18-,21+/m1/s1. The molecule has 1 aliphatic rings. The molecule has 1 aliphatic carbocycles. The average Bonchev–Trinajstić information content (AvgIpc) is 2.89. The summed E-state index contributed by atoms with van der Waals surface area (Å²) in [4.78, 5) is 22.6. The first-order valence-electron chi connectivity index (χ1n) is 9.67. The van der Waals surface area contributed by atoms with Crippen LogP contribution in [0.3, 0.4) is 0 Å². The van der Waals surface area contributed by atoms with E-state index in [1.807, 2.05) is 31.2 Å². The zero-order valence-corrected chi connectivity index (χ0v) is 15.7. The summed E-state index contributed by atoms with van der Waals surface area (Å²) in [7, 11) is 0. The highest BCUT2D eigenvalue weighted by Gasteiger charge is 2.32. The second-order valence-corrected chi connectivity index (χ2v) is 7.44. The van der Waals surface area contributed by atoms with Gasteiger partial charge in [-0.3, -0.25) is 9.59 Å². The molecule has 1 rings (SSSR count). The average molecular weight is 350 g/mol. The Kier molecular flexibility index (Phi) is 9.73. The molecule has 0 aromatic heterocycles. The number of rotatable bonds is 12. The fourth-order valence-electron chi connectivity index (χ4n) is 3.35. The van der Waals surface area contributed by atoms with Gasteiger partial charge in [0.15, 0.2) is 0 Å². The maximum atomic E-state index is 12.1. The number of hydrogen-bond donors (Lipinski definition) is 2. The van der Waals surface area contributed by atoms with Gasteiger partial charge in [-0.1, -0.05) is 50.5 Å². The minimum absolute atomic E-state index is 0.00147. The van der Waals surface area contributed by atoms with Gasteiger partial charge in [0.25, 0.3) is 0 Å². The van der Waals surface area contributed by atoms with E-state index in [0.29, 0.717) is 25.0 Å². The molecule has 1 fully saturated rings. The molecule has 4 heteroatoms. The highest BCUT2D eigenvalue weighted by molar-refractivity contribution is 5.83. The van der Waals surface area contributed by atoms with E-state index < -0.39 is 11.6 Å². The van der Waals surface area contributed by atoms with E-state index in [1.54, 1.807) is 0 Å². The van der Waals surface area contributed by atoms with Crippen molar-refractivity contribution in [2.24, 2.45) is 11.8 Å². The van der Waals surface area contributed by atoms with Gasteiger partial charge in [-0.15, -0.1) is 0 Å². The van der Waals surface area contributed by atoms with Gasteiger partial charge < -0.3 is 10.2 Å². The van der Waals surface area contributed by atoms with Gasteiger partial charge in [0.1, 0.15) is 5.78 Å². The van der Waals surface area contributed by atoms with E-state index in [-0.39, 0.29) is 18.3 Å². The van der Waals surface area contributed by atoms with Crippen molar-refractivity contribution < 1.29 is 19.8 Å². The van der Waals surface area contributed by atoms with E-state index in [1.165, 1.54) is 0 Å². The van der Waals surface area contributed by atoms with Crippen molar-refractivity contribution in [1.29, 1.82) is 0 Å². The minimum Gasteiger partial charge on any atom is -0.481 e. The van der Waals surface area contributed by atoms with Crippen LogP contribution in [-0.2, 0) is 9.59 Å². The Morgan fingerprint density at radius 1 is 1.28 bits per heavy atom. The maximum absolute atomic E-state index is 12.1. The molecule has 0 unspecified atom stereocenters. The van der Waals surface area contributed by atoms with Gasteiger partial charge in [-0.25, -0.2) is 0 Å². The zero-order chi connectivity index (χ0) is 18.7. The van der Waals surface area contributed by atoms with Gasteiger partial charge >= 0.3 is 5.97 Å². The Labute approximate surface area is 152 Å². The molecule has 1 saturated carbocycles. The molecule has 3 atom stereocenters. The zero-order valence-electron chi connectivity index (χ0n) is 15.7. The number of Topliss-reactive ketones (excluding diaryl/α,β-unsaturated/α-hetero) is 1. The van der Waals surface area contributed by atoms with Crippen LogP contribution >= 0.6 is 0 Å². The van der Waals surface area contributed by atoms with Gasteiger partial charge in [0.2, 0.25) is 0 Å². The minimum atomic E-state index is -0.794. The Morgan fingerprint density at radius 3 is 2.72 bits per heavy atom. The molecule has 0 amide bonds. The van der Waals surface area contributed by atoms with Crippen molar-refractivity contribution in [3.63, 3.8) is 0 Å². The predicted molar refractivity (Wildman–Crippen MR) is 100 cm³/mol. The van der Waals surface area contributed by atoms with Crippen molar-refractivity contribution >= 4 is 11.8 Å². The Bertz CT molecular complexity index is 476. The summed E-state index contributed by atoms with van der Waals surface area (Å²) in [5.41, 5.74) is -0.794. The van der Waals surface area contributed by atoms with Gasteiger partial charge in [-0.05, 0) is 44.9 Å². The lowest BCUT2D eigenvalue weighted by Gasteiger charge is -2.20. The first-order chi connectivity index (χ1) is 11.9. The highest BCUT2D eigenvalue weighted by atomic mass is 16.4. The lowest BCUT2D eigenvalue weighted by Crippen LogP contribution is -2.21. The molecule has 0 aromatic carbocycles. The second-order valence-electron chi connectivity index (χ2n) is 7.44. The van der Waals surface area contributed by atoms with Crippen LogP contribution in [-0.4, -0.2) is 27.6 Å². The molecule has 0 aliphatic heterocycles. The summed E-state index contributed by atoms with van der Waals surface area (Å²) < 4.78 is 0. The molecule has 0 radical (unpaired) electrons. The number of aliphatic hydroxyl groups is 1. The van der Waals surface area contributed by atoms with Crippen molar-refractivity contribution in [1.82, 2.24) is 0 Å². The highest BCUT2D eigenvalue weighted by Crippen LogP contribution is 2.33. The lowest BCUT2D eigenvalue weighted by molar-refractivity contribution is -0.137. The van der Waals surface area contributed by atoms with E-state index in [4.69, 9.17) is 5.11 Å². The van der Waals surface area contributed by atoms with Gasteiger partial charge in [-0.2, -0.15) is 0 Å². The van der Waals surface area contributed by atoms with Crippen LogP contribution in [0.25, 0.3) is 0 Å². The molecular weight excluding hydrogens is 316 g/mol. The summed E-state index contributed by atoms with van der Waals surface area (Å²) >= 11 is 0. The lowest BCUT2D eigenvalue weighted by atomic mass is 9.89. The monoisotopic (exact) mass is 350 g/mol. The molecule has 25 heavy (non-hydrogen) atoms. The van der Waals surface area contributed by atoms with Crippen LogP contribution in [0.5, 0.6) is 0 Å². The quantitative estimate of drug-likeness (QED) is 0.396. The van der Waals surface area contributed by atoms with E-state index in [9.17, 15) is 14.7 Å². The fourth-order valence-corrected chi connectivity index (χ4v) is 3.35. The third-order valence-corrected chi connectivity index (χ3v) is 4.96. The largest absolute Gasteiger partial charge is 0.481 e. The van der Waals surface area contributed by atoms with Crippen LogP contribution in [0.4, 0.5) is 0 Å². The summed E-state index contributed by atoms with van der Waals surface area (Å²) in [6, 6.07) is 0. The molecule has 0 bridgehead atoms. The predicted octanol–water partition coefficient (Wildman–Crippen LogP) is 4.67. The maximum Gasteiger partial charge on any atom is 0.303 e. The third-order valence-electron chi connectivity index (χ3n) is 4.96. The number of carboxylic acids is 1. The number of allylic oxidation sites excluding steroid dienone is 3. The summed E-state index contributed by atoms with van der Waals surface area (Å²) in [5.74, 6) is -0.266. The Hall–Kier alpha value is -1.42. The van der Waals surface area contributed by atoms with Crippen LogP contribution in [0.2, 0.25) is 0 Å².